The second kappa shape index (κ2) is 7.57. The Bertz CT molecular complexity index is 684. The van der Waals surface area contributed by atoms with Crippen molar-refractivity contribution < 1.29 is 9.53 Å². The maximum absolute atomic E-state index is 13.0. The van der Waals surface area contributed by atoms with E-state index in [0.29, 0.717) is 17.8 Å². The van der Waals surface area contributed by atoms with Gasteiger partial charge in [-0.25, -0.2) is 0 Å². The molecule has 128 valence electrons. The van der Waals surface area contributed by atoms with Crippen LogP contribution in [0.2, 0.25) is 0 Å². The summed E-state index contributed by atoms with van der Waals surface area (Å²) in [6, 6.07) is 3.78. The van der Waals surface area contributed by atoms with Gasteiger partial charge in [-0.1, -0.05) is 6.92 Å². The van der Waals surface area contributed by atoms with Crippen molar-refractivity contribution in [1.82, 2.24) is 19.7 Å². The molecule has 3 rings (SSSR count). The van der Waals surface area contributed by atoms with Gasteiger partial charge in [0.05, 0.1) is 11.7 Å². The standard InChI is InChI=1S/C18H24N4O2/c1-3-10-24-15-7-5-9-22(12-15)18(23)16-13-21(2)20-17(16)14-6-4-8-19-11-14/h4,6,8,11,13,15H,3,5,7,9-10,12H2,1-2H3/t15-/m1/s1. The third-order valence-electron chi connectivity index (χ3n) is 4.22. The number of nitrogens with zero attached hydrogens (tertiary/aromatic N) is 4. The second-order valence-corrected chi connectivity index (χ2v) is 6.19. The van der Waals surface area contributed by atoms with Crippen LogP contribution >= 0.6 is 0 Å². The lowest BCUT2D eigenvalue weighted by Crippen LogP contribution is -2.43. The lowest BCUT2D eigenvalue weighted by molar-refractivity contribution is 0.00213. The van der Waals surface area contributed by atoms with E-state index in [1.807, 2.05) is 24.1 Å². The molecule has 1 atom stereocenters. The number of piperidine rings is 1. The number of aryl methyl sites for hydroxylation is 1. The molecule has 0 N–H and O–H groups in total. The van der Waals surface area contributed by atoms with Crippen LogP contribution < -0.4 is 0 Å². The van der Waals surface area contributed by atoms with Gasteiger partial charge in [0.2, 0.25) is 0 Å². The minimum Gasteiger partial charge on any atom is -0.376 e. The fraction of sp³-hybridized carbons (Fsp3) is 0.500. The molecule has 2 aromatic rings. The largest absolute Gasteiger partial charge is 0.376 e. The Morgan fingerprint density at radius 1 is 1.46 bits per heavy atom. The second-order valence-electron chi connectivity index (χ2n) is 6.19. The van der Waals surface area contributed by atoms with Crippen molar-refractivity contribution in [3.63, 3.8) is 0 Å². The zero-order chi connectivity index (χ0) is 16.9. The van der Waals surface area contributed by atoms with Gasteiger partial charge in [-0.2, -0.15) is 5.10 Å². The topological polar surface area (TPSA) is 60.2 Å². The van der Waals surface area contributed by atoms with Crippen molar-refractivity contribution in [2.24, 2.45) is 7.05 Å². The summed E-state index contributed by atoms with van der Waals surface area (Å²) in [7, 11) is 1.83. The molecule has 1 aliphatic heterocycles. The number of likely N-dealkylation sites (tertiary alicyclic amines) is 1. The molecule has 1 amide bonds. The van der Waals surface area contributed by atoms with E-state index in [2.05, 4.69) is 17.0 Å². The normalized spacial score (nSPS) is 17.9. The Morgan fingerprint density at radius 2 is 2.33 bits per heavy atom. The minimum absolute atomic E-state index is 0.0201. The van der Waals surface area contributed by atoms with Crippen LogP contribution in [0.4, 0.5) is 0 Å². The Morgan fingerprint density at radius 3 is 3.08 bits per heavy atom. The summed E-state index contributed by atoms with van der Waals surface area (Å²) in [5.74, 6) is 0.0201. The fourth-order valence-electron chi connectivity index (χ4n) is 3.07. The summed E-state index contributed by atoms with van der Waals surface area (Å²) in [5, 5.41) is 4.46. The van der Waals surface area contributed by atoms with Gasteiger partial charge in [-0.3, -0.25) is 14.5 Å². The molecular weight excluding hydrogens is 304 g/mol. The van der Waals surface area contributed by atoms with Gasteiger partial charge in [-0.05, 0) is 31.4 Å². The molecule has 0 unspecified atom stereocenters. The molecule has 1 aliphatic rings. The quantitative estimate of drug-likeness (QED) is 0.846. The van der Waals surface area contributed by atoms with Crippen molar-refractivity contribution in [2.45, 2.75) is 32.3 Å². The number of pyridine rings is 1. The lowest BCUT2D eigenvalue weighted by atomic mass is 10.1. The molecule has 0 aliphatic carbocycles. The molecule has 0 spiro atoms. The number of carbonyl (C=O) groups is 1. The van der Waals surface area contributed by atoms with Crippen LogP contribution in [0.1, 0.15) is 36.5 Å². The first-order chi connectivity index (χ1) is 11.7. The predicted octanol–water partition coefficient (Wildman–Crippen LogP) is 2.51. The van der Waals surface area contributed by atoms with Gasteiger partial charge in [-0.15, -0.1) is 0 Å². The first kappa shape index (κ1) is 16.6. The van der Waals surface area contributed by atoms with E-state index < -0.39 is 0 Å². The zero-order valence-corrected chi connectivity index (χ0v) is 14.3. The monoisotopic (exact) mass is 328 g/mol. The van der Waals surface area contributed by atoms with E-state index in [4.69, 9.17) is 4.74 Å². The van der Waals surface area contributed by atoms with Gasteiger partial charge in [0.1, 0.15) is 5.69 Å². The molecule has 6 heteroatoms. The highest BCUT2D eigenvalue weighted by atomic mass is 16.5. The summed E-state index contributed by atoms with van der Waals surface area (Å²) < 4.78 is 7.53. The van der Waals surface area contributed by atoms with Crippen molar-refractivity contribution in [3.8, 4) is 11.3 Å². The van der Waals surface area contributed by atoms with Crippen LogP contribution in [-0.2, 0) is 11.8 Å². The summed E-state index contributed by atoms with van der Waals surface area (Å²) in [6.45, 7) is 4.27. The van der Waals surface area contributed by atoms with Crippen molar-refractivity contribution in [1.29, 1.82) is 0 Å². The van der Waals surface area contributed by atoms with E-state index in [1.165, 1.54) is 0 Å². The number of rotatable bonds is 5. The van der Waals surface area contributed by atoms with Gasteiger partial charge in [0.25, 0.3) is 5.91 Å². The number of hydrogen-bond donors (Lipinski definition) is 0. The Kier molecular flexibility index (Phi) is 5.25. The molecule has 24 heavy (non-hydrogen) atoms. The smallest absolute Gasteiger partial charge is 0.257 e. The van der Waals surface area contributed by atoms with Crippen LogP contribution in [0.3, 0.4) is 0 Å². The van der Waals surface area contributed by atoms with Crippen molar-refractivity contribution in [2.75, 3.05) is 19.7 Å². The van der Waals surface area contributed by atoms with E-state index in [-0.39, 0.29) is 12.0 Å². The highest BCUT2D eigenvalue weighted by Crippen LogP contribution is 2.24. The lowest BCUT2D eigenvalue weighted by Gasteiger charge is -2.32. The Balaban J connectivity index is 1.80. The molecule has 2 aromatic heterocycles. The third-order valence-corrected chi connectivity index (χ3v) is 4.22. The number of hydrogen-bond acceptors (Lipinski definition) is 4. The molecule has 1 saturated heterocycles. The summed E-state index contributed by atoms with van der Waals surface area (Å²) in [6.07, 6.45) is 8.38. The third kappa shape index (κ3) is 3.64. The molecule has 0 aromatic carbocycles. The summed E-state index contributed by atoms with van der Waals surface area (Å²) in [4.78, 5) is 19.0. The molecule has 0 saturated carbocycles. The molecule has 0 bridgehead atoms. The summed E-state index contributed by atoms with van der Waals surface area (Å²) >= 11 is 0. The van der Waals surface area contributed by atoms with Crippen molar-refractivity contribution in [3.05, 3.63) is 36.3 Å². The summed E-state index contributed by atoms with van der Waals surface area (Å²) in [5.41, 5.74) is 2.17. The van der Waals surface area contributed by atoms with E-state index in [0.717, 1.165) is 38.0 Å². The number of aromatic nitrogens is 3. The zero-order valence-electron chi connectivity index (χ0n) is 14.3. The number of amides is 1. The molecule has 6 nitrogen and oxygen atoms in total. The average Bonchev–Trinajstić information content (AvgIpc) is 3.02. The molecule has 1 fully saturated rings. The molecule has 3 heterocycles. The number of ether oxygens (including phenoxy) is 1. The minimum atomic E-state index is 0.0201. The predicted molar refractivity (Wildman–Crippen MR) is 91.6 cm³/mol. The van der Waals surface area contributed by atoms with Crippen molar-refractivity contribution >= 4 is 5.91 Å². The van der Waals surface area contributed by atoms with Gasteiger partial charge in [0, 0.05) is 50.9 Å². The molecule has 0 radical (unpaired) electrons. The Labute approximate surface area is 142 Å². The van der Waals surface area contributed by atoms with Crippen LogP contribution in [0.25, 0.3) is 11.3 Å². The fourth-order valence-corrected chi connectivity index (χ4v) is 3.07. The average molecular weight is 328 g/mol. The van der Waals surface area contributed by atoms with Crippen LogP contribution in [-0.4, -0.2) is 51.4 Å². The number of carbonyl (C=O) groups excluding carboxylic acids is 1. The Hall–Kier alpha value is -2.21. The molecular formula is C18H24N4O2. The highest BCUT2D eigenvalue weighted by Gasteiger charge is 2.28. The van der Waals surface area contributed by atoms with Crippen LogP contribution in [0.5, 0.6) is 0 Å². The first-order valence-corrected chi connectivity index (χ1v) is 8.54. The van der Waals surface area contributed by atoms with E-state index in [1.54, 1.807) is 23.3 Å². The maximum atomic E-state index is 13.0. The van der Waals surface area contributed by atoms with Gasteiger partial charge >= 0.3 is 0 Å². The van der Waals surface area contributed by atoms with E-state index in [9.17, 15) is 4.79 Å². The first-order valence-electron chi connectivity index (χ1n) is 8.54. The van der Waals surface area contributed by atoms with E-state index >= 15 is 0 Å². The SMILES string of the molecule is CCCO[C@@H]1CCCN(C(=O)c2cn(C)nc2-c2cccnc2)C1. The highest BCUT2D eigenvalue weighted by molar-refractivity contribution is 5.99. The van der Waals surface area contributed by atoms with Gasteiger partial charge in [0.15, 0.2) is 0 Å². The van der Waals surface area contributed by atoms with Crippen LogP contribution in [0.15, 0.2) is 30.7 Å². The van der Waals surface area contributed by atoms with Crippen LogP contribution in [0, 0.1) is 0 Å². The van der Waals surface area contributed by atoms with Gasteiger partial charge < -0.3 is 9.64 Å². The maximum Gasteiger partial charge on any atom is 0.257 e.